The van der Waals surface area contributed by atoms with Gasteiger partial charge in [-0.1, -0.05) is 18.2 Å². The first-order valence-corrected chi connectivity index (χ1v) is 7.06. The highest BCUT2D eigenvalue weighted by atomic mass is 16.1. The summed E-state index contributed by atoms with van der Waals surface area (Å²) in [5.74, 6) is -0.0777. The van der Waals surface area contributed by atoms with Crippen molar-refractivity contribution in [2.45, 2.75) is 32.2 Å². The van der Waals surface area contributed by atoms with E-state index in [9.17, 15) is 4.79 Å². The normalized spacial score (nSPS) is 14.7. The van der Waals surface area contributed by atoms with Crippen LogP contribution in [0.2, 0.25) is 0 Å². The average Bonchev–Trinajstić information content (AvgIpc) is 2.95. The molecule has 2 aromatic rings. The molecule has 0 unspecified atom stereocenters. The summed E-state index contributed by atoms with van der Waals surface area (Å²) in [6.45, 7) is 2.02. The summed E-state index contributed by atoms with van der Waals surface area (Å²) in [6.07, 6.45) is 6.85. The van der Waals surface area contributed by atoms with Crippen LogP contribution < -0.4 is 5.32 Å². The van der Waals surface area contributed by atoms with E-state index in [1.165, 1.54) is 29.5 Å². The molecule has 1 atom stereocenters. The third-order valence-electron chi connectivity index (χ3n) is 3.89. The van der Waals surface area contributed by atoms with Gasteiger partial charge in [-0.25, -0.2) is 0 Å². The van der Waals surface area contributed by atoms with Crippen molar-refractivity contribution >= 4 is 5.91 Å². The summed E-state index contributed by atoms with van der Waals surface area (Å²) < 4.78 is 0. The van der Waals surface area contributed by atoms with E-state index >= 15 is 0 Å². The van der Waals surface area contributed by atoms with Gasteiger partial charge in [-0.2, -0.15) is 0 Å². The van der Waals surface area contributed by atoms with Gasteiger partial charge >= 0.3 is 0 Å². The van der Waals surface area contributed by atoms with Crippen LogP contribution in [0.3, 0.4) is 0 Å². The fourth-order valence-electron chi connectivity index (χ4n) is 2.72. The van der Waals surface area contributed by atoms with Crippen molar-refractivity contribution in [2.75, 3.05) is 0 Å². The van der Waals surface area contributed by atoms with Crippen molar-refractivity contribution in [1.82, 2.24) is 10.3 Å². The van der Waals surface area contributed by atoms with Gasteiger partial charge in [-0.15, -0.1) is 0 Å². The lowest BCUT2D eigenvalue weighted by atomic mass is 10.0. The van der Waals surface area contributed by atoms with E-state index in [1.54, 1.807) is 24.5 Å². The largest absolute Gasteiger partial charge is 0.345 e. The highest BCUT2D eigenvalue weighted by Crippen LogP contribution is 2.25. The smallest absolute Gasteiger partial charge is 0.253 e. The van der Waals surface area contributed by atoms with E-state index in [2.05, 4.69) is 28.5 Å². The molecule has 3 rings (SSSR count). The van der Waals surface area contributed by atoms with Crippen LogP contribution in [-0.2, 0) is 12.8 Å². The molecule has 1 aromatic heterocycles. The van der Waals surface area contributed by atoms with Crippen LogP contribution in [0.5, 0.6) is 0 Å². The number of carbonyl (C=O) groups is 1. The lowest BCUT2D eigenvalue weighted by Gasteiger charge is -2.15. The number of nitrogens with zero attached hydrogens (tertiary/aromatic N) is 1. The molecule has 0 aliphatic heterocycles. The molecule has 0 bridgehead atoms. The zero-order valence-electron chi connectivity index (χ0n) is 11.6. The van der Waals surface area contributed by atoms with Crippen molar-refractivity contribution in [3.8, 4) is 0 Å². The lowest BCUT2D eigenvalue weighted by molar-refractivity contribution is 0.0939. The monoisotopic (exact) mass is 266 g/mol. The average molecular weight is 266 g/mol. The number of nitrogens with one attached hydrogen (secondary N) is 1. The molecule has 0 fully saturated rings. The van der Waals surface area contributed by atoms with E-state index in [4.69, 9.17) is 0 Å². The van der Waals surface area contributed by atoms with E-state index in [0.29, 0.717) is 5.56 Å². The summed E-state index contributed by atoms with van der Waals surface area (Å²) in [7, 11) is 0. The molecule has 0 saturated carbocycles. The second-order valence-corrected chi connectivity index (χ2v) is 5.32. The van der Waals surface area contributed by atoms with Crippen LogP contribution in [-0.4, -0.2) is 10.9 Å². The maximum Gasteiger partial charge on any atom is 0.253 e. The van der Waals surface area contributed by atoms with Gasteiger partial charge in [0, 0.05) is 12.4 Å². The van der Waals surface area contributed by atoms with E-state index in [-0.39, 0.29) is 11.9 Å². The van der Waals surface area contributed by atoms with Gasteiger partial charge in [0.05, 0.1) is 11.6 Å². The third-order valence-corrected chi connectivity index (χ3v) is 3.89. The number of amides is 1. The molecule has 0 radical (unpaired) electrons. The quantitative estimate of drug-likeness (QED) is 0.927. The van der Waals surface area contributed by atoms with Crippen molar-refractivity contribution in [3.63, 3.8) is 0 Å². The maximum atomic E-state index is 12.1. The molecule has 0 saturated heterocycles. The maximum absolute atomic E-state index is 12.1. The molecule has 1 amide bonds. The van der Waals surface area contributed by atoms with Crippen LogP contribution in [0.1, 0.15) is 46.4 Å². The Bertz CT molecular complexity index is 622. The van der Waals surface area contributed by atoms with Gasteiger partial charge in [-0.3, -0.25) is 9.78 Å². The van der Waals surface area contributed by atoms with Crippen LogP contribution in [0.25, 0.3) is 0 Å². The number of aryl methyl sites for hydroxylation is 2. The molecule has 1 N–H and O–H groups in total. The lowest BCUT2D eigenvalue weighted by Crippen LogP contribution is -2.26. The highest BCUT2D eigenvalue weighted by molar-refractivity contribution is 5.94. The predicted octanol–water partition coefficient (Wildman–Crippen LogP) is 3.06. The Labute approximate surface area is 119 Å². The number of benzene rings is 1. The fourth-order valence-corrected chi connectivity index (χ4v) is 2.72. The Morgan fingerprint density at radius 1 is 1.25 bits per heavy atom. The molecular formula is C17H18N2O. The van der Waals surface area contributed by atoms with Crippen molar-refractivity contribution in [2.24, 2.45) is 0 Å². The fraction of sp³-hybridized carbons (Fsp3) is 0.294. The standard InChI is InChI=1S/C17H18N2O/c1-12(19-17(20)16-6-3-9-18-11-16)14-8-7-13-4-2-5-15(13)10-14/h3,6-12H,2,4-5H2,1H3,(H,19,20)/t12-/m0/s1. The molecule has 1 aliphatic rings. The van der Waals surface area contributed by atoms with E-state index < -0.39 is 0 Å². The Morgan fingerprint density at radius 2 is 2.10 bits per heavy atom. The zero-order chi connectivity index (χ0) is 13.9. The number of rotatable bonds is 3. The minimum Gasteiger partial charge on any atom is -0.345 e. The summed E-state index contributed by atoms with van der Waals surface area (Å²) >= 11 is 0. The van der Waals surface area contributed by atoms with Gasteiger partial charge in [0.2, 0.25) is 0 Å². The topological polar surface area (TPSA) is 42.0 Å². The minimum absolute atomic E-state index is 0.00797. The van der Waals surface area contributed by atoms with Crippen LogP contribution in [0, 0.1) is 0 Å². The molecule has 3 heteroatoms. The second-order valence-electron chi connectivity index (χ2n) is 5.32. The summed E-state index contributed by atoms with van der Waals surface area (Å²) in [6, 6.07) is 10.1. The van der Waals surface area contributed by atoms with Crippen molar-refractivity contribution in [3.05, 3.63) is 65.0 Å². The Balaban J connectivity index is 1.73. The summed E-state index contributed by atoms with van der Waals surface area (Å²) in [4.78, 5) is 16.1. The first kappa shape index (κ1) is 12.9. The second kappa shape index (κ2) is 5.45. The van der Waals surface area contributed by atoms with Crippen molar-refractivity contribution in [1.29, 1.82) is 0 Å². The van der Waals surface area contributed by atoms with Crippen LogP contribution in [0.15, 0.2) is 42.7 Å². The van der Waals surface area contributed by atoms with Gasteiger partial charge in [0.25, 0.3) is 5.91 Å². The first-order chi connectivity index (χ1) is 9.74. The SMILES string of the molecule is C[C@H](NC(=O)c1cccnc1)c1ccc2c(c1)CCC2. The molecule has 0 spiro atoms. The summed E-state index contributed by atoms with van der Waals surface area (Å²) in [5.41, 5.74) is 4.66. The van der Waals surface area contributed by atoms with Crippen LogP contribution in [0.4, 0.5) is 0 Å². The molecular weight excluding hydrogens is 248 g/mol. The molecule has 1 heterocycles. The van der Waals surface area contributed by atoms with E-state index in [1.807, 2.05) is 6.92 Å². The number of pyridine rings is 1. The predicted molar refractivity (Wildman–Crippen MR) is 78.6 cm³/mol. The molecule has 1 aliphatic carbocycles. The molecule has 1 aromatic carbocycles. The van der Waals surface area contributed by atoms with Crippen LogP contribution >= 0.6 is 0 Å². The van der Waals surface area contributed by atoms with Gasteiger partial charge in [0.1, 0.15) is 0 Å². The molecule has 3 nitrogen and oxygen atoms in total. The highest BCUT2D eigenvalue weighted by Gasteiger charge is 2.15. The number of hydrogen-bond acceptors (Lipinski definition) is 2. The number of carbonyl (C=O) groups excluding carboxylic acids is 1. The van der Waals surface area contributed by atoms with Gasteiger partial charge < -0.3 is 5.32 Å². The molecule has 20 heavy (non-hydrogen) atoms. The number of hydrogen-bond donors (Lipinski definition) is 1. The zero-order valence-corrected chi connectivity index (χ0v) is 11.6. The minimum atomic E-state index is -0.0777. The molecule has 102 valence electrons. The Morgan fingerprint density at radius 3 is 2.90 bits per heavy atom. The van der Waals surface area contributed by atoms with Gasteiger partial charge in [-0.05, 0) is 55.0 Å². The number of fused-ring (bicyclic) bond motifs is 1. The summed E-state index contributed by atoms with van der Waals surface area (Å²) in [5, 5.41) is 3.02. The van der Waals surface area contributed by atoms with Crippen molar-refractivity contribution < 1.29 is 4.79 Å². The van der Waals surface area contributed by atoms with E-state index in [0.717, 1.165) is 6.42 Å². The third kappa shape index (κ3) is 2.57. The Hall–Kier alpha value is -2.16. The number of aromatic nitrogens is 1. The Kier molecular flexibility index (Phi) is 3.50. The van der Waals surface area contributed by atoms with Gasteiger partial charge in [0.15, 0.2) is 0 Å². The first-order valence-electron chi connectivity index (χ1n) is 7.06.